The monoisotopic (exact) mass is 364 g/mol. The maximum absolute atomic E-state index is 11.7. The number of hydrogen-bond donors (Lipinski definition) is 2. The summed E-state index contributed by atoms with van der Waals surface area (Å²) in [6.07, 6.45) is 5.67. The van der Waals surface area contributed by atoms with E-state index in [0.29, 0.717) is 22.5 Å². The number of benzene rings is 1. The van der Waals surface area contributed by atoms with Crippen molar-refractivity contribution in [3.63, 3.8) is 0 Å². The Morgan fingerprint density at radius 3 is 2.62 bits per heavy atom. The summed E-state index contributed by atoms with van der Waals surface area (Å²) in [6, 6.07) is 3.43. The minimum Gasteiger partial charge on any atom is -0.338 e. The normalized spacial score (nSPS) is 11.5. The third-order valence-corrected chi connectivity index (χ3v) is 3.88. The quantitative estimate of drug-likeness (QED) is 0.684. The molecule has 0 saturated carbocycles. The zero-order valence-electron chi connectivity index (χ0n) is 12.8. The first-order chi connectivity index (χ1) is 11.3. The fourth-order valence-electron chi connectivity index (χ4n) is 2.10. The Kier molecular flexibility index (Phi) is 4.20. The molecule has 0 radical (unpaired) electrons. The molecule has 0 saturated heterocycles. The second-order valence-corrected chi connectivity index (χ2v) is 7.17. The van der Waals surface area contributed by atoms with Crippen LogP contribution in [0.5, 0.6) is 0 Å². The van der Waals surface area contributed by atoms with Gasteiger partial charge in [0.1, 0.15) is 11.3 Å². The lowest BCUT2D eigenvalue weighted by Gasteiger charge is -2.15. The first kappa shape index (κ1) is 16.3. The van der Waals surface area contributed by atoms with E-state index in [1.807, 2.05) is 6.92 Å². The first-order valence-corrected chi connectivity index (χ1v) is 9.08. The van der Waals surface area contributed by atoms with E-state index in [-0.39, 0.29) is 11.0 Å². The van der Waals surface area contributed by atoms with Gasteiger partial charge in [-0.1, -0.05) is 0 Å². The fraction of sp³-hybridized carbons (Fsp3) is 0.143. The van der Waals surface area contributed by atoms with Crippen molar-refractivity contribution in [3.05, 3.63) is 41.6 Å². The highest BCUT2D eigenvalue weighted by Gasteiger charge is 2.15. The number of aromatic nitrogens is 4. The second kappa shape index (κ2) is 6.17. The van der Waals surface area contributed by atoms with Gasteiger partial charge >= 0.3 is 0 Å². The maximum Gasteiger partial charge on any atom is 0.229 e. The predicted molar refractivity (Wildman–Crippen MR) is 93.1 cm³/mol. The van der Waals surface area contributed by atoms with E-state index in [1.54, 1.807) is 18.3 Å². The van der Waals surface area contributed by atoms with Crippen LogP contribution in [0.2, 0.25) is 5.28 Å². The molecule has 0 aliphatic carbocycles. The zero-order chi connectivity index (χ0) is 17.3. The minimum absolute atomic E-state index is 0.0845. The van der Waals surface area contributed by atoms with E-state index >= 15 is 0 Å². The molecule has 124 valence electrons. The SMILES string of the molecule is Cc1cnc(Cl)nc1Nc1ccc2nccnc2c1NS(C)(=O)=O. The molecule has 0 aliphatic heterocycles. The summed E-state index contributed by atoms with van der Waals surface area (Å²) >= 11 is 5.83. The topological polar surface area (TPSA) is 110 Å². The molecule has 8 nitrogen and oxygen atoms in total. The number of nitrogens with one attached hydrogen (secondary N) is 2. The van der Waals surface area contributed by atoms with Crippen molar-refractivity contribution in [2.24, 2.45) is 0 Å². The summed E-state index contributed by atoms with van der Waals surface area (Å²) in [4.78, 5) is 16.4. The van der Waals surface area contributed by atoms with Crippen LogP contribution in [0.3, 0.4) is 0 Å². The molecule has 10 heteroatoms. The molecular weight excluding hydrogens is 352 g/mol. The number of anilines is 3. The molecule has 2 heterocycles. The van der Waals surface area contributed by atoms with Crippen LogP contribution in [-0.4, -0.2) is 34.6 Å². The molecule has 0 amide bonds. The Hall–Kier alpha value is -2.52. The van der Waals surface area contributed by atoms with E-state index in [0.717, 1.165) is 11.8 Å². The van der Waals surface area contributed by atoms with Crippen LogP contribution >= 0.6 is 11.6 Å². The van der Waals surface area contributed by atoms with Gasteiger partial charge in [0.2, 0.25) is 15.3 Å². The van der Waals surface area contributed by atoms with E-state index in [1.165, 1.54) is 12.4 Å². The van der Waals surface area contributed by atoms with Gasteiger partial charge in [0, 0.05) is 24.2 Å². The Labute approximate surface area is 143 Å². The Bertz CT molecular complexity index is 1020. The molecule has 3 rings (SSSR count). The number of rotatable bonds is 4. The Balaban J connectivity index is 2.16. The molecule has 0 bridgehead atoms. The van der Waals surface area contributed by atoms with Gasteiger partial charge in [0.05, 0.1) is 23.1 Å². The highest BCUT2D eigenvalue weighted by Crippen LogP contribution is 2.32. The smallest absolute Gasteiger partial charge is 0.229 e. The van der Waals surface area contributed by atoms with Gasteiger partial charge in [-0.15, -0.1) is 0 Å². The van der Waals surface area contributed by atoms with Crippen molar-refractivity contribution in [3.8, 4) is 0 Å². The third-order valence-electron chi connectivity index (χ3n) is 3.12. The van der Waals surface area contributed by atoms with Crippen LogP contribution in [0.15, 0.2) is 30.7 Å². The fourth-order valence-corrected chi connectivity index (χ4v) is 2.81. The number of hydrogen-bond acceptors (Lipinski definition) is 7. The molecule has 0 aliphatic rings. The third kappa shape index (κ3) is 3.52. The largest absolute Gasteiger partial charge is 0.338 e. The summed E-state index contributed by atoms with van der Waals surface area (Å²) in [5.74, 6) is 0.467. The zero-order valence-corrected chi connectivity index (χ0v) is 14.4. The lowest BCUT2D eigenvalue weighted by molar-refractivity contribution is 0.607. The number of halogens is 1. The van der Waals surface area contributed by atoms with Gasteiger partial charge in [-0.05, 0) is 30.7 Å². The Morgan fingerprint density at radius 2 is 1.88 bits per heavy atom. The highest BCUT2D eigenvalue weighted by atomic mass is 35.5. The average molecular weight is 365 g/mol. The van der Waals surface area contributed by atoms with Crippen molar-refractivity contribution in [1.29, 1.82) is 0 Å². The van der Waals surface area contributed by atoms with Crippen LogP contribution in [0.1, 0.15) is 5.56 Å². The molecule has 1 aromatic carbocycles. The first-order valence-electron chi connectivity index (χ1n) is 6.81. The van der Waals surface area contributed by atoms with Gasteiger partial charge in [-0.3, -0.25) is 14.7 Å². The van der Waals surface area contributed by atoms with Crippen LogP contribution in [0.25, 0.3) is 11.0 Å². The van der Waals surface area contributed by atoms with Crippen molar-refractivity contribution in [2.75, 3.05) is 16.3 Å². The van der Waals surface area contributed by atoms with Crippen molar-refractivity contribution < 1.29 is 8.42 Å². The molecule has 2 aromatic heterocycles. The second-order valence-electron chi connectivity index (χ2n) is 5.08. The summed E-state index contributed by atoms with van der Waals surface area (Å²) in [5.41, 5.74) is 2.50. The molecular formula is C14H13ClN6O2S. The standard InChI is InChI=1S/C14H13ClN6O2S/c1-8-7-18-14(15)20-13(8)19-10-4-3-9-11(17-6-5-16-9)12(10)21-24(2,22)23/h3-7,21H,1-2H3,(H,18,19,20). The molecule has 0 unspecified atom stereocenters. The lowest BCUT2D eigenvalue weighted by atomic mass is 10.2. The van der Waals surface area contributed by atoms with Crippen molar-refractivity contribution in [2.45, 2.75) is 6.92 Å². The maximum atomic E-state index is 11.7. The molecule has 24 heavy (non-hydrogen) atoms. The van der Waals surface area contributed by atoms with E-state index in [2.05, 4.69) is 30.0 Å². The summed E-state index contributed by atoms with van der Waals surface area (Å²) < 4.78 is 26.0. The van der Waals surface area contributed by atoms with Gasteiger partial charge in [0.25, 0.3) is 0 Å². The molecule has 0 fully saturated rings. The molecule has 2 N–H and O–H groups in total. The molecule has 0 spiro atoms. The van der Waals surface area contributed by atoms with Crippen LogP contribution in [0, 0.1) is 6.92 Å². The highest BCUT2D eigenvalue weighted by molar-refractivity contribution is 7.92. The van der Waals surface area contributed by atoms with E-state index in [4.69, 9.17) is 11.6 Å². The van der Waals surface area contributed by atoms with Crippen LogP contribution < -0.4 is 10.0 Å². The number of sulfonamides is 1. The summed E-state index contributed by atoms with van der Waals surface area (Å²) in [6.45, 7) is 1.81. The van der Waals surface area contributed by atoms with Crippen molar-refractivity contribution in [1.82, 2.24) is 19.9 Å². The molecule has 3 aromatic rings. The summed E-state index contributed by atoms with van der Waals surface area (Å²) in [7, 11) is -3.52. The van der Waals surface area contributed by atoms with Gasteiger partial charge < -0.3 is 5.32 Å². The Morgan fingerprint density at radius 1 is 1.12 bits per heavy atom. The number of fused-ring (bicyclic) bond motifs is 1. The molecule has 0 atom stereocenters. The average Bonchev–Trinajstić information content (AvgIpc) is 2.52. The minimum atomic E-state index is -3.52. The number of nitrogens with zero attached hydrogens (tertiary/aromatic N) is 4. The van der Waals surface area contributed by atoms with E-state index < -0.39 is 10.0 Å². The van der Waals surface area contributed by atoms with E-state index in [9.17, 15) is 8.42 Å². The van der Waals surface area contributed by atoms with Crippen molar-refractivity contribution >= 4 is 49.9 Å². The van der Waals surface area contributed by atoms with Gasteiger partial charge in [-0.2, -0.15) is 0 Å². The van der Waals surface area contributed by atoms with Crippen LogP contribution in [0.4, 0.5) is 17.2 Å². The van der Waals surface area contributed by atoms with Gasteiger partial charge in [0.15, 0.2) is 0 Å². The predicted octanol–water partition coefficient (Wildman–Crippen LogP) is 2.50. The lowest BCUT2D eigenvalue weighted by Crippen LogP contribution is -2.12. The summed E-state index contributed by atoms with van der Waals surface area (Å²) in [5, 5.41) is 3.15. The van der Waals surface area contributed by atoms with Crippen LogP contribution in [-0.2, 0) is 10.0 Å². The van der Waals surface area contributed by atoms with Gasteiger partial charge in [-0.25, -0.2) is 18.4 Å². The number of aryl methyl sites for hydroxylation is 1.